The Morgan fingerprint density at radius 2 is 1.96 bits per heavy atom. The van der Waals surface area contributed by atoms with Crippen LogP contribution in [0.4, 0.5) is 8.78 Å². The zero-order valence-electron chi connectivity index (χ0n) is 13.4. The number of para-hydroxylation sites is 1. The Bertz CT molecular complexity index is 528. The van der Waals surface area contributed by atoms with Gasteiger partial charge in [0.25, 0.3) is 0 Å². The van der Waals surface area contributed by atoms with Gasteiger partial charge in [0.05, 0.1) is 12.1 Å². The first-order chi connectivity index (χ1) is 11.0. The lowest BCUT2D eigenvalue weighted by molar-refractivity contribution is -0.125. The van der Waals surface area contributed by atoms with E-state index in [0.717, 1.165) is 12.8 Å². The topological polar surface area (TPSA) is 73.6 Å². The standard InChI is InChI=1S/C16H22F2N2O3.ClH/c1-10(12-4-2-3-5-13(12)23-16(17)18)20-15(21)14(19)11-6-8-22-9-7-11;/h2-5,10-11,14,16H,6-9,19H2,1H3,(H,20,21);1H. The molecule has 0 aliphatic carbocycles. The molecule has 8 heteroatoms. The minimum Gasteiger partial charge on any atom is -0.434 e. The molecule has 136 valence electrons. The van der Waals surface area contributed by atoms with Gasteiger partial charge in [0, 0.05) is 18.8 Å². The van der Waals surface area contributed by atoms with Gasteiger partial charge >= 0.3 is 6.61 Å². The third-order valence-corrected chi connectivity index (χ3v) is 4.04. The van der Waals surface area contributed by atoms with Crippen molar-refractivity contribution in [1.82, 2.24) is 5.32 Å². The molecule has 1 aromatic rings. The number of carbonyl (C=O) groups excluding carboxylic acids is 1. The van der Waals surface area contributed by atoms with Crippen LogP contribution in [-0.4, -0.2) is 31.8 Å². The van der Waals surface area contributed by atoms with E-state index in [4.69, 9.17) is 10.5 Å². The van der Waals surface area contributed by atoms with Crippen LogP contribution in [0, 0.1) is 5.92 Å². The van der Waals surface area contributed by atoms with Gasteiger partial charge in [-0.3, -0.25) is 4.79 Å². The fourth-order valence-electron chi connectivity index (χ4n) is 2.72. The zero-order chi connectivity index (χ0) is 16.8. The van der Waals surface area contributed by atoms with Crippen molar-refractivity contribution in [3.63, 3.8) is 0 Å². The summed E-state index contributed by atoms with van der Waals surface area (Å²) >= 11 is 0. The quantitative estimate of drug-likeness (QED) is 0.813. The highest BCUT2D eigenvalue weighted by Crippen LogP contribution is 2.26. The molecule has 24 heavy (non-hydrogen) atoms. The second kappa shape index (κ2) is 9.76. The first-order valence-corrected chi connectivity index (χ1v) is 7.66. The lowest BCUT2D eigenvalue weighted by Gasteiger charge is -2.28. The third-order valence-electron chi connectivity index (χ3n) is 4.04. The molecule has 2 atom stereocenters. The highest BCUT2D eigenvalue weighted by atomic mass is 35.5. The Labute approximate surface area is 146 Å². The number of ether oxygens (including phenoxy) is 2. The van der Waals surface area contributed by atoms with Crippen LogP contribution < -0.4 is 15.8 Å². The van der Waals surface area contributed by atoms with Gasteiger partial charge < -0.3 is 20.5 Å². The Hall–Kier alpha value is -1.44. The Morgan fingerprint density at radius 1 is 1.33 bits per heavy atom. The van der Waals surface area contributed by atoms with Crippen molar-refractivity contribution in [3.8, 4) is 5.75 Å². The molecule has 1 aliphatic heterocycles. The van der Waals surface area contributed by atoms with Crippen molar-refractivity contribution >= 4 is 18.3 Å². The van der Waals surface area contributed by atoms with Crippen LogP contribution >= 0.6 is 12.4 Å². The maximum atomic E-state index is 12.5. The molecule has 0 bridgehead atoms. The average molecular weight is 365 g/mol. The number of hydrogen-bond donors (Lipinski definition) is 2. The molecule has 0 radical (unpaired) electrons. The molecule has 0 saturated carbocycles. The van der Waals surface area contributed by atoms with Gasteiger partial charge in [-0.2, -0.15) is 8.78 Å². The molecule has 5 nitrogen and oxygen atoms in total. The molecule has 0 spiro atoms. The zero-order valence-corrected chi connectivity index (χ0v) is 14.2. The summed E-state index contributed by atoms with van der Waals surface area (Å²) in [5.74, 6) is -0.172. The van der Waals surface area contributed by atoms with E-state index < -0.39 is 18.7 Å². The summed E-state index contributed by atoms with van der Waals surface area (Å²) in [6.45, 7) is 0.00407. The predicted molar refractivity (Wildman–Crippen MR) is 88.4 cm³/mol. The molecular formula is C16H23ClF2N2O3. The normalized spacial score (nSPS) is 17.7. The highest BCUT2D eigenvalue weighted by Gasteiger charge is 2.28. The second-order valence-corrected chi connectivity index (χ2v) is 5.62. The van der Waals surface area contributed by atoms with E-state index >= 15 is 0 Å². The van der Waals surface area contributed by atoms with Crippen LogP contribution in [0.3, 0.4) is 0 Å². The van der Waals surface area contributed by atoms with Crippen LogP contribution in [0.1, 0.15) is 31.4 Å². The first-order valence-electron chi connectivity index (χ1n) is 7.66. The van der Waals surface area contributed by atoms with Gasteiger partial charge in [-0.15, -0.1) is 12.4 Å². The van der Waals surface area contributed by atoms with E-state index in [1.807, 2.05) is 0 Å². The van der Waals surface area contributed by atoms with Gasteiger partial charge in [0.2, 0.25) is 5.91 Å². The van der Waals surface area contributed by atoms with Crippen LogP contribution in [0.15, 0.2) is 24.3 Å². The van der Waals surface area contributed by atoms with Crippen molar-refractivity contribution < 1.29 is 23.0 Å². The van der Waals surface area contributed by atoms with Crippen LogP contribution in [-0.2, 0) is 9.53 Å². The highest BCUT2D eigenvalue weighted by molar-refractivity contribution is 5.85. The molecule has 1 fully saturated rings. The third kappa shape index (κ3) is 5.58. The van der Waals surface area contributed by atoms with E-state index in [9.17, 15) is 13.6 Å². The lowest BCUT2D eigenvalue weighted by atomic mass is 9.91. The number of benzene rings is 1. The predicted octanol–water partition coefficient (Wildman–Crippen LogP) is 2.64. The Balaban J connectivity index is 0.00000288. The molecule has 1 aliphatic rings. The molecule has 1 aromatic carbocycles. The van der Waals surface area contributed by atoms with Gasteiger partial charge in [0.15, 0.2) is 0 Å². The average Bonchev–Trinajstić information content (AvgIpc) is 2.54. The largest absolute Gasteiger partial charge is 0.434 e. The number of halogens is 3. The maximum absolute atomic E-state index is 12.5. The summed E-state index contributed by atoms with van der Waals surface area (Å²) in [4.78, 5) is 12.3. The Kier molecular flexibility index (Phi) is 8.38. The van der Waals surface area contributed by atoms with Crippen LogP contribution in [0.2, 0.25) is 0 Å². The molecule has 1 heterocycles. The van der Waals surface area contributed by atoms with E-state index in [1.54, 1.807) is 25.1 Å². The van der Waals surface area contributed by atoms with E-state index in [2.05, 4.69) is 10.1 Å². The monoisotopic (exact) mass is 364 g/mol. The maximum Gasteiger partial charge on any atom is 0.387 e. The smallest absolute Gasteiger partial charge is 0.387 e. The first kappa shape index (κ1) is 20.6. The van der Waals surface area contributed by atoms with E-state index in [-0.39, 0.29) is 30.0 Å². The van der Waals surface area contributed by atoms with Crippen molar-refractivity contribution in [1.29, 1.82) is 0 Å². The number of hydrogen-bond acceptors (Lipinski definition) is 4. The summed E-state index contributed by atoms with van der Waals surface area (Å²) in [5, 5.41) is 2.78. The second-order valence-electron chi connectivity index (χ2n) is 5.62. The summed E-state index contributed by atoms with van der Waals surface area (Å²) in [7, 11) is 0. The summed E-state index contributed by atoms with van der Waals surface area (Å²) in [6.07, 6.45) is 1.49. The fourth-order valence-corrected chi connectivity index (χ4v) is 2.72. The molecule has 2 unspecified atom stereocenters. The van der Waals surface area contributed by atoms with Crippen molar-refractivity contribution in [3.05, 3.63) is 29.8 Å². The minimum atomic E-state index is -2.91. The molecule has 2 rings (SSSR count). The van der Waals surface area contributed by atoms with Gasteiger partial charge in [-0.25, -0.2) is 0 Å². The number of nitrogens with one attached hydrogen (secondary N) is 1. The van der Waals surface area contributed by atoms with E-state index in [1.165, 1.54) is 6.07 Å². The lowest BCUT2D eigenvalue weighted by Crippen LogP contribution is -2.47. The number of rotatable bonds is 6. The van der Waals surface area contributed by atoms with Crippen molar-refractivity contribution in [2.75, 3.05) is 13.2 Å². The van der Waals surface area contributed by atoms with Gasteiger partial charge in [-0.1, -0.05) is 18.2 Å². The number of amides is 1. The van der Waals surface area contributed by atoms with Crippen molar-refractivity contribution in [2.45, 2.75) is 38.5 Å². The van der Waals surface area contributed by atoms with Crippen LogP contribution in [0.5, 0.6) is 5.75 Å². The molecule has 1 amide bonds. The molecule has 0 aromatic heterocycles. The SMILES string of the molecule is CC(NC(=O)C(N)C1CCOCC1)c1ccccc1OC(F)F.Cl. The van der Waals surface area contributed by atoms with Crippen LogP contribution in [0.25, 0.3) is 0 Å². The summed E-state index contributed by atoms with van der Waals surface area (Å²) in [6, 6.07) is 5.27. The van der Waals surface area contributed by atoms with Gasteiger partial charge in [0.1, 0.15) is 5.75 Å². The Morgan fingerprint density at radius 3 is 2.58 bits per heavy atom. The minimum absolute atomic E-state index is 0. The van der Waals surface area contributed by atoms with Gasteiger partial charge in [-0.05, 0) is 31.7 Å². The summed E-state index contributed by atoms with van der Waals surface area (Å²) in [5.41, 5.74) is 6.50. The number of alkyl halides is 2. The fraction of sp³-hybridized carbons (Fsp3) is 0.562. The van der Waals surface area contributed by atoms with E-state index in [0.29, 0.717) is 18.8 Å². The molecule has 3 N–H and O–H groups in total. The summed E-state index contributed by atoms with van der Waals surface area (Å²) < 4.78 is 34.7. The number of carbonyl (C=O) groups is 1. The molecular weight excluding hydrogens is 342 g/mol. The number of nitrogens with two attached hydrogens (primary N) is 1. The van der Waals surface area contributed by atoms with Crippen molar-refractivity contribution in [2.24, 2.45) is 11.7 Å². The molecule has 1 saturated heterocycles.